The number of rotatable bonds is 3. The van der Waals surface area contributed by atoms with E-state index in [1.807, 2.05) is 18.2 Å². The van der Waals surface area contributed by atoms with Gasteiger partial charge in [-0.1, -0.05) is 30.3 Å². The highest BCUT2D eigenvalue weighted by Crippen LogP contribution is 2.40. The molecule has 0 spiro atoms. The Labute approximate surface area is 133 Å². The topological polar surface area (TPSA) is 32.8 Å². The summed E-state index contributed by atoms with van der Waals surface area (Å²) in [6.07, 6.45) is 3.34. The molecule has 2 heterocycles. The van der Waals surface area contributed by atoms with Crippen LogP contribution in [-0.2, 0) is 15.1 Å². The van der Waals surface area contributed by atoms with E-state index in [0.29, 0.717) is 0 Å². The smallest absolute Gasteiger partial charge is 0.303 e. The second-order valence-electron chi connectivity index (χ2n) is 6.62. The number of likely N-dealkylation sites (N-methyl/N-ethyl adjacent to an activating group) is 1. The first-order valence-corrected chi connectivity index (χ1v) is 8.29. The number of benzene rings is 1. The van der Waals surface area contributed by atoms with Crippen LogP contribution in [0.5, 0.6) is 0 Å². The molecule has 0 N–H and O–H groups in total. The third-order valence-electron chi connectivity index (χ3n) is 5.06. The highest BCUT2D eigenvalue weighted by atomic mass is 16.6. The average Bonchev–Trinajstić information content (AvgIpc) is 3.04. The van der Waals surface area contributed by atoms with Crippen molar-refractivity contribution >= 4 is 5.97 Å². The van der Waals surface area contributed by atoms with Gasteiger partial charge in [0.1, 0.15) is 0 Å². The van der Waals surface area contributed by atoms with E-state index in [1.54, 1.807) is 0 Å². The van der Waals surface area contributed by atoms with Gasteiger partial charge in [-0.3, -0.25) is 9.69 Å². The van der Waals surface area contributed by atoms with Crippen LogP contribution in [0.15, 0.2) is 30.3 Å². The first kappa shape index (κ1) is 15.5. The summed E-state index contributed by atoms with van der Waals surface area (Å²) < 4.78 is 6.03. The van der Waals surface area contributed by atoms with E-state index < -0.39 is 5.60 Å². The van der Waals surface area contributed by atoms with Crippen LogP contribution in [0.2, 0.25) is 0 Å². The van der Waals surface area contributed by atoms with E-state index in [0.717, 1.165) is 38.2 Å². The summed E-state index contributed by atoms with van der Waals surface area (Å²) in [6, 6.07) is 10.6. The molecule has 0 aromatic heterocycles. The minimum absolute atomic E-state index is 0.183. The maximum absolute atomic E-state index is 11.9. The lowest BCUT2D eigenvalue weighted by Gasteiger charge is -2.49. The Morgan fingerprint density at radius 1 is 1.18 bits per heavy atom. The molecule has 0 bridgehead atoms. The summed E-state index contributed by atoms with van der Waals surface area (Å²) in [5.74, 6) is -0.183. The molecular formula is C18H26N2O2. The Balaban J connectivity index is 2.01. The van der Waals surface area contributed by atoms with Crippen LogP contribution in [0, 0.1) is 0 Å². The SMILES string of the molecule is CC(=O)OC1(c2ccccc2)CCN(C)CC1N1CCCC1. The second-order valence-corrected chi connectivity index (χ2v) is 6.62. The average molecular weight is 302 g/mol. The number of piperidine rings is 1. The molecule has 4 heteroatoms. The van der Waals surface area contributed by atoms with E-state index in [-0.39, 0.29) is 12.0 Å². The first-order chi connectivity index (χ1) is 10.6. The van der Waals surface area contributed by atoms with Crippen molar-refractivity contribution in [3.8, 4) is 0 Å². The number of hydrogen-bond acceptors (Lipinski definition) is 4. The predicted molar refractivity (Wildman–Crippen MR) is 86.6 cm³/mol. The van der Waals surface area contributed by atoms with E-state index in [9.17, 15) is 4.79 Å². The van der Waals surface area contributed by atoms with Crippen LogP contribution in [0.3, 0.4) is 0 Å². The molecule has 0 aliphatic carbocycles. The molecule has 3 rings (SSSR count). The number of hydrogen-bond donors (Lipinski definition) is 0. The van der Waals surface area contributed by atoms with E-state index in [2.05, 4.69) is 29.0 Å². The number of esters is 1. The molecule has 1 aromatic carbocycles. The van der Waals surface area contributed by atoms with Crippen molar-refractivity contribution < 1.29 is 9.53 Å². The Morgan fingerprint density at radius 2 is 1.86 bits per heavy atom. The minimum atomic E-state index is -0.510. The zero-order valence-electron chi connectivity index (χ0n) is 13.6. The lowest BCUT2D eigenvalue weighted by Crippen LogP contribution is -2.61. The molecular weight excluding hydrogens is 276 g/mol. The molecule has 0 saturated carbocycles. The van der Waals surface area contributed by atoms with Gasteiger partial charge in [-0.05, 0) is 38.5 Å². The lowest BCUT2D eigenvalue weighted by atomic mass is 9.79. The molecule has 120 valence electrons. The van der Waals surface area contributed by atoms with Gasteiger partial charge in [-0.2, -0.15) is 0 Å². The van der Waals surface area contributed by atoms with Crippen LogP contribution >= 0.6 is 0 Å². The van der Waals surface area contributed by atoms with Crippen molar-refractivity contribution in [2.24, 2.45) is 0 Å². The van der Waals surface area contributed by atoms with E-state index in [4.69, 9.17) is 4.74 Å². The number of ether oxygens (including phenoxy) is 1. The number of carbonyl (C=O) groups excluding carboxylic acids is 1. The monoisotopic (exact) mass is 302 g/mol. The molecule has 2 saturated heterocycles. The van der Waals surface area contributed by atoms with E-state index in [1.165, 1.54) is 19.8 Å². The Bertz CT molecular complexity index is 513. The highest BCUT2D eigenvalue weighted by Gasteiger charge is 2.49. The fraction of sp³-hybridized carbons (Fsp3) is 0.611. The van der Waals surface area contributed by atoms with Crippen molar-refractivity contribution in [3.05, 3.63) is 35.9 Å². The number of likely N-dealkylation sites (tertiary alicyclic amines) is 2. The van der Waals surface area contributed by atoms with E-state index >= 15 is 0 Å². The van der Waals surface area contributed by atoms with Crippen LogP contribution in [0.25, 0.3) is 0 Å². The van der Waals surface area contributed by atoms with Crippen molar-refractivity contribution in [3.63, 3.8) is 0 Å². The highest BCUT2D eigenvalue weighted by molar-refractivity contribution is 5.67. The molecule has 2 aliphatic heterocycles. The summed E-state index contributed by atoms with van der Waals surface area (Å²) in [5, 5.41) is 0. The minimum Gasteiger partial charge on any atom is -0.453 e. The van der Waals surface area contributed by atoms with Crippen LogP contribution in [0.4, 0.5) is 0 Å². The predicted octanol–water partition coefficient (Wildman–Crippen LogP) is 2.24. The summed E-state index contributed by atoms with van der Waals surface area (Å²) in [7, 11) is 2.16. The maximum Gasteiger partial charge on any atom is 0.303 e. The van der Waals surface area contributed by atoms with Gasteiger partial charge in [0.05, 0.1) is 6.04 Å². The lowest BCUT2D eigenvalue weighted by molar-refractivity contribution is -0.175. The standard InChI is InChI=1S/C18H26N2O2/c1-15(21)22-18(16-8-4-3-5-9-16)10-13-19(2)14-17(18)20-11-6-7-12-20/h3-5,8-9,17H,6-7,10-14H2,1-2H3. The van der Waals surface area contributed by atoms with Gasteiger partial charge in [-0.25, -0.2) is 0 Å². The molecule has 22 heavy (non-hydrogen) atoms. The zero-order chi connectivity index (χ0) is 15.6. The molecule has 0 radical (unpaired) electrons. The van der Waals surface area contributed by atoms with Gasteiger partial charge in [-0.15, -0.1) is 0 Å². The molecule has 4 nitrogen and oxygen atoms in total. The fourth-order valence-corrected chi connectivity index (χ4v) is 4.01. The van der Waals surface area contributed by atoms with Crippen molar-refractivity contribution in [2.75, 3.05) is 33.2 Å². The van der Waals surface area contributed by atoms with Gasteiger partial charge in [0, 0.05) is 26.4 Å². The van der Waals surface area contributed by atoms with Crippen molar-refractivity contribution in [1.82, 2.24) is 9.80 Å². The molecule has 1 aromatic rings. The summed E-state index contributed by atoms with van der Waals surface area (Å²) in [4.78, 5) is 16.8. The maximum atomic E-state index is 11.9. The van der Waals surface area contributed by atoms with Gasteiger partial charge < -0.3 is 9.64 Å². The normalized spacial score (nSPS) is 30.4. The first-order valence-electron chi connectivity index (χ1n) is 8.29. The number of carbonyl (C=O) groups is 1. The van der Waals surface area contributed by atoms with Crippen LogP contribution in [0.1, 0.15) is 31.7 Å². The van der Waals surface area contributed by atoms with Crippen LogP contribution < -0.4 is 0 Å². The number of nitrogens with zero attached hydrogens (tertiary/aromatic N) is 2. The van der Waals surface area contributed by atoms with Crippen molar-refractivity contribution in [2.45, 2.75) is 37.8 Å². The Hall–Kier alpha value is -1.39. The second kappa shape index (κ2) is 6.39. The Morgan fingerprint density at radius 3 is 2.50 bits per heavy atom. The van der Waals surface area contributed by atoms with Gasteiger partial charge in [0.25, 0.3) is 0 Å². The summed E-state index contributed by atoms with van der Waals surface area (Å²) in [6.45, 7) is 5.64. The molecule has 0 amide bonds. The largest absolute Gasteiger partial charge is 0.453 e. The molecule has 2 fully saturated rings. The quantitative estimate of drug-likeness (QED) is 0.802. The van der Waals surface area contributed by atoms with Crippen LogP contribution in [-0.4, -0.2) is 55.0 Å². The molecule has 2 unspecified atom stereocenters. The Kier molecular flexibility index (Phi) is 4.50. The fourth-order valence-electron chi connectivity index (χ4n) is 4.01. The summed E-state index contributed by atoms with van der Waals surface area (Å²) in [5.41, 5.74) is 0.624. The third-order valence-corrected chi connectivity index (χ3v) is 5.06. The van der Waals surface area contributed by atoms with Gasteiger partial charge >= 0.3 is 5.97 Å². The summed E-state index contributed by atoms with van der Waals surface area (Å²) >= 11 is 0. The molecule has 2 atom stereocenters. The van der Waals surface area contributed by atoms with Gasteiger partial charge in [0.2, 0.25) is 0 Å². The zero-order valence-corrected chi connectivity index (χ0v) is 13.6. The third kappa shape index (κ3) is 2.90. The van der Waals surface area contributed by atoms with Gasteiger partial charge in [0.15, 0.2) is 5.60 Å². The molecule has 2 aliphatic rings. The van der Waals surface area contributed by atoms with Crippen molar-refractivity contribution in [1.29, 1.82) is 0 Å².